The van der Waals surface area contributed by atoms with Crippen LogP contribution in [0, 0.1) is 0 Å². The number of amides is 1. The van der Waals surface area contributed by atoms with Crippen LogP contribution in [0.4, 0.5) is 0 Å². The van der Waals surface area contributed by atoms with Gasteiger partial charge in [-0.2, -0.15) is 0 Å². The Bertz CT molecular complexity index is 791. The van der Waals surface area contributed by atoms with E-state index in [0.29, 0.717) is 19.0 Å². The first-order valence-corrected chi connectivity index (χ1v) is 9.87. The molecular weight excluding hydrogens is 420 g/mol. The minimum absolute atomic E-state index is 0.0112. The smallest absolute Gasteiger partial charge is 0.241 e. The Morgan fingerprint density at radius 1 is 1.11 bits per heavy atom. The molecule has 0 fully saturated rings. The van der Waals surface area contributed by atoms with E-state index < -0.39 is 0 Å². The van der Waals surface area contributed by atoms with Gasteiger partial charge in [0, 0.05) is 25.1 Å². The zero-order valence-electron chi connectivity index (χ0n) is 16.5. The topological polar surface area (TPSA) is 66.0 Å². The van der Waals surface area contributed by atoms with Crippen molar-refractivity contribution >= 4 is 27.8 Å². The first kappa shape index (κ1) is 21.8. The molecule has 0 aromatic heterocycles. The van der Waals surface area contributed by atoms with Gasteiger partial charge in [-0.05, 0) is 35.7 Å². The maximum Gasteiger partial charge on any atom is 0.241 e. The predicted molar refractivity (Wildman–Crippen MR) is 117 cm³/mol. The molecular formula is C21H27BrN4O2. The molecule has 0 spiro atoms. The molecule has 0 bridgehead atoms. The van der Waals surface area contributed by atoms with E-state index in [1.54, 1.807) is 26.1 Å². The van der Waals surface area contributed by atoms with Gasteiger partial charge in [-0.1, -0.05) is 46.3 Å². The summed E-state index contributed by atoms with van der Waals surface area (Å²) < 4.78 is 6.43. The molecule has 0 saturated carbocycles. The highest BCUT2D eigenvalue weighted by molar-refractivity contribution is 9.10. The van der Waals surface area contributed by atoms with Crippen LogP contribution in [0.3, 0.4) is 0 Å². The Labute approximate surface area is 175 Å². The third-order valence-electron chi connectivity index (χ3n) is 4.12. The fourth-order valence-corrected chi connectivity index (χ4v) is 2.74. The fraction of sp³-hybridized carbons (Fsp3) is 0.333. The minimum atomic E-state index is -0.0112. The molecule has 0 heterocycles. The molecule has 28 heavy (non-hydrogen) atoms. The van der Waals surface area contributed by atoms with Gasteiger partial charge in [0.15, 0.2) is 5.96 Å². The van der Waals surface area contributed by atoms with Crippen LogP contribution in [0.25, 0.3) is 0 Å². The Balaban J connectivity index is 1.99. The van der Waals surface area contributed by atoms with E-state index in [1.165, 1.54) is 0 Å². The highest BCUT2D eigenvalue weighted by Gasteiger charge is 2.07. The van der Waals surface area contributed by atoms with E-state index in [9.17, 15) is 4.79 Å². The number of methoxy groups -OCH3 is 1. The van der Waals surface area contributed by atoms with Crippen molar-refractivity contribution in [3.8, 4) is 5.75 Å². The van der Waals surface area contributed by atoms with Gasteiger partial charge in [0.25, 0.3) is 0 Å². The van der Waals surface area contributed by atoms with Crippen molar-refractivity contribution in [1.29, 1.82) is 0 Å². The molecule has 0 atom stereocenters. The predicted octanol–water partition coefficient (Wildman–Crippen LogP) is 2.82. The van der Waals surface area contributed by atoms with Gasteiger partial charge in [-0.15, -0.1) is 0 Å². The number of hydrogen-bond acceptors (Lipinski definition) is 3. The number of nitrogens with one attached hydrogen (secondary N) is 2. The number of hydrogen-bond donors (Lipinski definition) is 2. The largest absolute Gasteiger partial charge is 0.496 e. The summed E-state index contributed by atoms with van der Waals surface area (Å²) in [5, 5.41) is 6.40. The van der Waals surface area contributed by atoms with Crippen LogP contribution in [-0.4, -0.2) is 51.1 Å². The minimum Gasteiger partial charge on any atom is -0.496 e. The van der Waals surface area contributed by atoms with Crippen LogP contribution >= 0.6 is 15.9 Å². The second kappa shape index (κ2) is 11.3. The SMILES string of the molecule is COc1ccccc1CCNC(=NCc1ccc(Br)cc1)NCC(=O)N(C)C. The van der Waals surface area contributed by atoms with E-state index in [0.717, 1.165) is 27.8 Å². The van der Waals surface area contributed by atoms with Gasteiger partial charge < -0.3 is 20.3 Å². The van der Waals surface area contributed by atoms with Gasteiger partial charge in [-0.3, -0.25) is 4.79 Å². The molecule has 2 aromatic rings. The fourth-order valence-electron chi connectivity index (χ4n) is 2.48. The van der Waals surface area contributed by atoms with Crippen molar-refractivity contribution in [2.45, 2.75) is 13.0 Å². The number of aliphatic imine (C=N–C) groups is 1. The van der Waals surface area contributed by atoms with E-state index in [1.807, 2.05) is 48.5 Å². The third kappa shape index (κ3) is 7.23. The van der Waals surface area contributed by atoms with Gasteiger partial charge in [0.2, 0.25) is 5.91 Å². The molecule has 2 N–H and O–H groups in total. The highest BCUT2D eigenvalue weighted by Crippen LogP contribution is 2.17. The van der Waals surface area contributed by atoms with Crippen LogP contribution in [0.2, 0.25) is 0 Å². The lowest BCUT2D eigenvalue weighted by Gasteiger charge is -2.15. The number of benzene rings is 2. The van der Waals surface area contributed by atoms with E-state index in [-0.39, 0.29) is 12.5 Å². The zero-order valence-corrected chi connectivity index (χ0v) is 18.1. The maximum atomic E-state index is 11.9. The summed E-state index contributed by atoms with van der Waals surface area (Å²) in [6.45, 7) is 1.38. The van der Waals surface area contributed by atoms with E-state index in [2.05, 4.69) is 31.6 Å². The standard InChI is InChI=1S/C21H27BrN4O2/c1-26(2)20(27)15-25-21(24-14-16-8-10-18(22)11-9-16)23-13-12-17-6-4-5-7-19(17)28-3/h4-11H,12-15H2,1-3H3,(H2,23,24,25). The van der Waals surface area contributed by atoms with Crippen LogP contribution in [0.15, 0.2) is 58.0 Å². The Kier molecular flexibility index (Phi) is 8.81. The van der Waals surface area contributed by atoms with Crippen molar-refractivity contribution in [1.82, 2.24) is 15.5 Å². The van der Waals surface area contributed by atoms with Crippen molar-refractivity contribution in [3.63, 3.8) is 0 Å². The molecule has 2 rings (SSSR count). The monoisotopic (exact) mass is 446 g/mol. The number of guanidine groups is 1. The quantitative estimate of drug-likeness (QED) is 0.483. The van der Waals surface area contributed by atoms with Crippen molar-refractivity contribution < 1.29 is 9.53 Å². The molecule has 0 aliphatic rings. The van der Waals surface area contributed by atoms with Crippen LogP contribution in [0.1, 0.15) is 11.1 Å². The lowest BCUT2D eigenvalue weighted by atomic mass is 10.1. The molecule has 0 aliphatic carbocycles. The third-order valence-corrected chi connectivity index (χ3v) is 4.65. The molecule has 0 radical (unpaired) electrons. The van der Waals surface area contributed by atoms with Gasteiger partial charge in [-0.25, -0.2) is 4.99 Å². The summed E-state index contributed by atoms with van der Waals surface area (Å²) >= 11 is 3.44. The summed E-state index contributed by atoms with van der Waals surface area (Å²) in [7, 11) is 5.14. The average Bonchev–Trinajstić information content (AvgIpc) is 2.70. The number of para-hydroxylation sites is 1. The Morgan fingerprint density at radius 2 is 1.82 bits per heavy atom. The molecule has 0 saturated heterocycles. The average molecular weight is 447 g/mol. The number of likely N-dealkylation sites (N-methyl/N-ethyl adjacent to an activating group) is 1. The number of ether oxygens (including phenoxy) is 1. The maximum absolute atomic E-state index is 11.9. The van der Waals surface area contributed by atoms with Crippen LogP contribution in [-0.2, 0) is 17.8 Å². The molecule has 2 aromatic carbocycles. The van der Waals surface area contributed by atoms with E-state index in [4.69, 9.17) is 4.74 Å². The lowest BCUT2D eigenvalue weighted by Crippen LogP contribution is -2.43. The van der Waals surface area contributed by atoms with Crippen molar-refractivity contribution in [3.05, 3.63) is 64.1 Å². The summed E-state index contributed by atoms with van der Waals surface area (Å²) in [6.07, 6.45) is 0.782. The van der Waals surface area contributed by atoms with Crippen LogP contribution < -0.4 is 15.4 Å². The van der Waals surface area contributed by atoms with Gasteiger partial charge in [0.1, 0.15) is 5.75 Å². The zero-order chi connectivity index (χ0) is 20.4. The van der Waals surface area contributed by atoms with E-state index >= 15 is 0 Å². The summed E-state index contributed by atoms with van der Waals surface area (Å²) in [6, 6.07) is 16.0. The second-order valence-corrected chi connectivity index (χ2v) is 7.34. The molecule has 0 unspecified atom stereocenters. The van der Waals surface area contributed by atoms with Gasteiger partial charge in [0.05, 0.1) is 20.2 Å². The number of carbonyl (C=O) groups excluding carboxylic acids is 1. The summed E-state index contributed by atoms with van der Waals surface area (Å²) in [4.78, 5) is 18.1. The summed E-state index contributed by atoms with van der Waals surface area (Å²) in [5.41, 5.74) is 2.21. The number of halogens is 1. The number of carbonyl (C=O) groups is 1. The number of nitrogens with zero attached hydrogens (tertiary/aromatic N) is 2. The van der Waals surface area contributed by atoms with Crippen molar-refractivity contribution in [2.75, 3.05) is 34.3 Å². The molecule has 7 heteroatoms. The van der Waals surface area contributed by atoms with Gasteiger partial charge >= 0.3 is 0 Å². The first-order chi connectivity index (χ1) is 13.5. The molecule has 0 aliphatic heterocycles. The van der Waals surface area contributed by atoms with Crippen molar-refractivity contribution in [2.24, 2.45) is 4.99 Å². The molecule has 6 nitrogen and oxygen atoms in total. The number of rotatable bonds is 8. The normalized spacial score (nSPS) is 11.1. The second-order valence-electron chi connectivity index (χ2n) is 6.42. The first-order valence-electron chi connectivity index (χ1n) is 9.08. The van der Waals surface area contributed by atoms with Crippen LogP contribution in [0.5, 0.6) is 5.75 Å². The Morgan fingerprint density at radius 3 is 2.50 bits per heavy atom. The molecule has 1 amide bonds. The molecule has 150 valence electrons. The Hall–Kier alpha value is -2.54. The highest BCUT2D eigenvalue weighted by atomic mass is 79.9. The lowest BCUT2D eigenvalue weighted by molar-refractivity contribution is -0.127. The summed E-state index contributed by atoms with van der Waals surface area (Å²) in [5.74, 6) is 1.46.